The van der Waals surface area contributed by atoms with E-state index in [0.29, 0.717) is 53.0 Å². The lowest BCUT2D eigenvalue weighted by Crippen LogP contribution is -2.29. The fraction of sp³-hybridized carbons (Fsp3) is 0.179. The third kappa shape index (κ3) is 16.9. The molecule has 0 saturated carbocycles. The van der Waals surface area contributed by atoms with Crippen LogP contribution in [0.3, 0.4) is 0 Å². The maximum absolute atomic E-state index is 13.2. The third-order valence-corrected chi connectivity index (χ3v) is 16.1. The molecule has 9 aromatic heterocycles. The standard InChI is InChI=1S/C25H22N4O5S.C23H20N4O3S.C19H20N4O3S/c1-2-29-24(31)23(27-18-10-6-12-26-14-18)21(22(28-29)19-11-7-13-35-19)25(32)34-16-20(30)33-15-17-8-4-3-5-9-17;1-2-27-22(28)21(25-17-10-6-12-24-14-17)19(20(26-27)18-11-7-13-31-18)23(29)30-15-16-8-4-3-5-9-16;1-4-23-18(24)17(21-13-11-20-9-8-12(13)3)15(19(25)26-5-2)16(22-23)14-7-6-10-27-14/h3-14,27H,2,15-16H2,1H3;3-14,25H,2,15H2,1H3;6-11,21H,4-5H2,1-3H3. The molecule has 11 aromatic rings. The molecule has 9 heterocycles. The van der Waals surface area contributed by atoms with Crippen LogP contribution in [0.25, 0.3) is 31.7 Å². The van der Waals surface area contributed by atoms with E-state index in [1.807, 2.05) is 134 Å². The van der Waals surface area contributed by atoms with Gasteiger partial charge in [0.15, 0.2) is 6.61 Å². The molecule has 26 heteroatoms. The smallest absolute Gasteiger partial charge is 0.344 e. The SMILES string of the molecule is CCOC(=O)c1c(-c2cccs2)nn(CC)c(=O)c1Nc1cnccc1C.CCn1nc(-c2cccs2)c(C(=O)OCC(=O)OCc2ccccc2)c(Nc2cccnc2)c1=O.CCn1nc(-c2cccs2)c(C(=O)OCc2ccccc2)c(Nc2cccnc2)c1=O. The third-order valence-electron chi connectivity index (χ3n) is 13.5. The molecule has 0 saturated heterocycles. The summed E-state index contributed by atoms with van der Waals surface area (Å²) in [5, 5.41) is 28.1. The molecule has 2 aromatic carbocycles. The lowest BCUT2D eigenvalue weighted by atomic mass is 10.1. The molecule has 93 heavy (non-hydrogen) atoms. The van der Waals surface area contributed by atoms with Gasteiger partial charge in [-0.15, -0.1) is 34.0 Å². The van der Waals surface area contributed by atoms with Crippen LogP contribution >= 0.6 is 34.0 Å². The quantitative estimate of drug-likeness (QED) is 0.0420. The number of hydrogen-bond donors (Lipinski definition) is 3. The summed E-state index contributed by atoms with van der Waals surface area (Å²) in [6.45, 7) is 9.82. The van der Waals surface area contributed by atoms with Crippen molar-refractivity contribution >= 4 is 92.0 Å². The number of carbonyl (C=O) groups excluding carboxylic acids is 4. The van der Waals surface area contributed by atoms with Gasteiger partial charge >= 0.3 is 23.9 Å². The van der Waals surface area contributed by atoms with Crippen LogP contribution in [0.1, 0.15) is 75.5 Å². The number of ether oxygens (including phenoxy) is 4. The molecule has 0 unspecified atom stereocenters. The largest absolute Gasteiger partial charge is 0.462 e. The number of nitrogens with zero attached hydrogens (tertiary/aromatic N) is 9. The van der Waals surface area contributed by atoms with E-state index in [4.69, 9.17) is 18.9 Å². The number of hydrogen-bond acceptors (Lipinski definition) is 23. The molecule has 11 rings (SSSR count). The fourth-order valence-electron chi connectivity index (χ4n) is 8.92. The second kappa shape index (κ2) is 32.6. The number of nitrogens with one attached hydrogen (secondary N) is 3. The molecule has 0 atom stereocenters. The van der Waals surface area contributed by atoms with Gasteiger partial charge in [-0.1, -0.05) is 78.9 Å². The molecule has 474 valence electrons. The number of thiophene rings is 3. The van der Waals surface area contributed by atoms with Crippen LogP contribution in [0, 0.1) is 6.92 Å². The summed E-state index contributed by atoms with van der Waals surface area (Å²) in [5.41, 5.74) is 4.53. The monoisotopic (exact) mass is 1310 g/mol. The molecule has 0 aliphatic rings. The summed E-state index contributed by atoms with van der Waals surface area (Å²) in [6, 6.07) is 38.4. The first-order chi connectivity index (χ1) is 45.3. The molecule has 0 aliphatic heterocycles. The minimum Gasteiger partial charge on any atom is -0.462 e. The second-order valence-corrected chi connectivity index (χ2v) is 22.5. The van der Waals surface area contributed by atoms with Crippen molar-refractivity contribution in [2.45, 2.75) is 67.5 Å². The van der Waals surface area contributed by atoms with E-state index < -0.39 is 41.6 Å². The van der Waals surface area contributed by atoms with Crippen molar-refractivity contribution in [1.82, 2.24) is 44.3 Å². The Bertz CT molecular complexity index is 4500. The molecule has 0 amide bonds. The molecule has 3 N–H and O–H groups in total. The van der Waals surface area contributed by atoms with Crippen molar-refractivity contribution < 1.29 is 38.1 Å². The lowest BCUT2D eigenvalue weighted by Gasteiger charge is -2.16. The van der Waals surface area contributed by atoms with E-state index in [2.05, 4.69) is 46.2 Å². The van der Waals surface area contributed by atoms with Crippen LogP contribution in [-0.2, 0) is 56.6 Å². The molecule has 0 radical (unpaired) electrons. The number of pyridine rings is 3. The van der Waals surface area contributed by atoms with Crippen molar-refractivity contribution in [3.63, 3.8) is 0 Å². The summed E-state index contributed by atoms with van der Waals surface area (Å²) < 4.78 is 25.2. The molecule has 0 bridgehead atoms. The summed E-state index contributed by atoms with van der Waals surface area (Å²) in [7, 11) is 0. The Kier molecular flexibility index (Phi) is 23.2. The van der Waals surface area contributed by atoms with E-state index in [0.717, 1.165) is 26.4 Å². The summed E-state index contributed by atoms with van der Waals surface area (Å²) in [4.78, 5) is 105. The normalized spacial score (nSPS) is 10.6. The van der Waals surface area contributed by atoms with Gasteiger partial charge in [-0.25, -0.2) is 33.2 Å². The number of esters is 4. The van der Waals surface area contributed by atoms with Gasteiger partial charge in [0.25, 0.3) is 16.7 Å². The minimum atomic E-state index is -0.871. The zero-order valence-electron chi connectivity index (χ0n) is 51.0. The van der Waals surface area contributed by atoms with Gasteiger partial charge in [-0.2, -0.15) is 15.3 Å². The van der Waals surface area contributed by atoms with Crippen LogP contribution in [0.2, 0.25) is 0 Å². The van der Waals surface area contributed by atoms with Gasteiger partial charge < -0.3 is 34.9 Å². The lowest BCUT2D eigenvalue weighted by molar-refractivity contribution is -0.148. The highest BCUT2D eigenvalue weighted by atomic mass is 32.1. The van der Waals surface area contributed by atoms with Crippen LogP contribution in [-0.4, -0.2) is 81.4 Å². The van der Waals surface area contributed by atoms with Gasteiger partial charge in [-0.3, -0.25) is 29.3 Å². The Morgan fingerprint density at radius 1 is 0.441 bits per heavy atom. The highest BCUT2D eigenvalue weighted by Gasteiger charge is 2.30. The minimum absolute atomic E-state index is 0.0131. The number of aryl methyl sites for hydroxylation is 4. The van der Waals surface area contributed by atoms with E-state index in [1.54, 1.807) is 75.2 Å². The van der Waals surface area contributed by atoms with Crippen molar-refractivity contribution in [1.29, 1.82) is 0 Å². The van der Waals surface area contributed by atoms with E-state index in [-0.39, 0.29) is 64.8 Å². The Balaban J connectivity index is 0.000000166. The molecule has 0 spiro atoms. The zero-order valence-corrected chi connectivity index (χ0v) is 53.5. The van der Waals surface area contributed by atoms with Crippen molar-refractivity contribution in [3.8, 4) is 31.7 Å². The number of carbonyl (C=O) groups is 4. The summed E-state index contributed by atoms with van der Waals surface area (Å²) >= 11 is 4.24. The average Bonchev–Trinajstić information content (AvgIpc) is 1.64. The van der Waals surface area contributed by atoms with E-state index in [9.17, 15) is 33.6 Å². The maximum atomic E-state index is 13.2. The van der Waals surface area contributed by atoms with Gasteiger partial charge in [-0.05, 0) is 116 Å². The first kappa shape index (κ1) is 66.3. The number of anilines is 6. The predicted octanol–water partition coefficient (Wildman–Crippen LogP) is 12.1. The predicted molar refractivity (Wildman–Crippen MR) is 358 cm³/mol. The maximum Gasteiger partial charge on any atom is 0.344 e. The van der Waals surface area contributed by atoms with Crippen molar-refractivity contribution in [3.05, 3.63) is 245 Å². The topological polar surface area (TPSA) is 285 Å². The van der Waals surface area contributed by atoms with Crippen molar-refractivity contribution in [2.24, 2.45) is 0 Å². The Morgan fingerprint density at radius 3 is 1.24 bits per heavy atom. The zero-order chi connectivity index (χ0) is 65.6. The first-order valence-electron chi connectivity index (χ1n) is 29.1. The second-order valence-electron chi connectivity index (χ2n) is 19.6. The highest BCUT2D eigenvalue weighted by molar-refractivity contribution is 7.14. The van der Waals surface area contributed by atoms with Gasteiger partial charge in [0.05, 0.1) is 56.9 Å². The van der Waals surface area contributed by atoms with Gasteiger partial charge in [0.2, 0.25) is 0 Å². The fourth-order valence-corrected chi connectivity index (χ4v) is 11.1. The number of rotatable bonds is 22. The number of aromatic nitrogens is 9. The Hall–Kier alpha value is -11.1. The summed E-state index contributed by atoms with van der Waals surface area (Å²) in [6.07, 6.45) is 9.62. The van der Waals surface area contributed by atoms with Crippen LogP contribution in [0.5, 0.6) is 0 Å². The molecule has 23 nitrogen and oxygen atoms in total. The highest BCUT2D eigenvalue weighted by Crippen LogP contribution is 2.34. The van der Waals surface area contributed by atoms with Crippen molar-refractivity contribution in [2.75, 3.05) is 29.2 Å². The van der Waals surface area contributed by atoms with Crippen LogP contribution in [0.4, 0.5) is 34.1 Å². The van der Waals surface area contributed by atoms with Gasteiger partial charge in [0, 0.05) is 38.2 Å². The van der Waals surface area contributed by atoms with Crippen LogP contribution in [0.15, 0.2) is 195 Å². The van der Waals surface area contributed by atoms with Gasteiger partial charge in [0.1, 0.15) is 64.0 Å². The average molecular weight is 1310 g/mol. The Morgan fingerprint density at radius 2 is 0.849 bits per heavy atom. The summed E-state index contributed by atoms with van der Waals surface area (Å²) in [5.74, 6) is -2.79. The number of benzene rings is 2. The molecule has 0 fully saturated rings. The van der Waals surface area contributed by atoms with E-state index in [1.165, 1.54) is 54.3 Å². The molecular formula is C67H62N12O11S3. The molecular weight excluding hydrogens is 1250 g/mol. The Labute approximate surface area is 545 Å². The molecule has 0 aliphatic carbocycles. The van der Waals surface area contributed by atoms with Crippen LogP contribution < -0.4 is 32.6 Å². The first-order valence-corrected chi connectivity index (χ1v) is 31.8. The van der Waals surface area contributed by atoms with E-state index >= 15 is 0 Å².